The van der Waals surface area contributed by atoms with Gasteiger partial charge in [-0.15, -0.1) is 0 Å². The standard InChI is InChI=1S/C24H27FN2O2/c25-19-7-10-23-22(14-19)21(11-12-26-23)18-5-8-20(9-6-18)27-15-17-3-1-16(2-4-17)13-24(28)29/h1-4,7,10-12,14,18,20-22,27H,5-6,8-9,13,15H2,(H,28,29)/t18-,20-,21?,22?. The normalized spacial score (nSPS) is 28.4. The average molecular weight is 394 g/mol. The van der Waals surface area contributed by atoms with Gasteiger partial charge in [0.15, 0.2) is 0 Å². The molecule has 1 aromatic rings. The highest BCUT2D eigenvalue weighted by Gasteiger charge is 2.34. The molecule has 1 heterocycles. The number of hydrogen-bond acceptors (Lipinski definition) is 3. The Morgan fingerprint density at radius 3 is 2.55 bits per heavy atom. The molecule has 2 atom stereocenters. The first-order valence-corrected chi connectivity index (χ1v) is 10.4. The first-order valence-electron chi connectivity index (χ1n) is 10.4. The van der Waals surface area contributed by atoms with Gasteiger partial charge in [-0.05, 0) is 66.9 Å². The molecule has 0 amide bonds. The molecule has 152 valence electrons. The van der Waals surface area contributed by atoms with Gasteiger partial charge in [-0.1, -0.05) is 30.3 Å². The molecule has 29 heavy (non-hydrogen) atoms. The van der Waals surface area contributed by atoms with Crippen LogP contribution in [-0.4, -0.2) is 22.8 Å². The lowest BCUT2D eigenvalue weighted by atomic mass is 9.70. The first kappa shape index (κ1) is 19.8. The number of allylic oxidation sites excluding steroid dienone is 5. The van der Waals surface area contributed by atoms with Gasteiger partial charge in [0.2, 0.25) is 0 Å². The van der Waals surface area contributed by atoms with Crippen LogP contribution >= 0.6 is 0 Å². The maximum atomic E-state index is 13.8. The number of nitrogens with one attached hydrogen (secondary N) is 1. The monoisotopic (exact) mass is 394 g/mol. The van der Waals surface area contributed by atoms with Crippen molar-refractivity contribution >= 4 is 11.7 Å². The van der Waals surface area contributed by atoms with E-state index >= 15 is 0 Å². The fourth-order valence-corrected chi connectivity index (χ4v) is 4.74. The minimum atomic E-state index is -0.804. The van der Waals surface area contributed by atoms with Gasteiger partial charge in [-0.3, -0.25) is 9.79 Å². The molecule has 0 radical (unpaired) electrons. The molecule has 0 spiro atoms. The van der Waals surface area contributed by atoms with E-state index in [1.165, 1.54) is 11.6 Å². The van der Waals surface area contributed by atoms with Crippen LogP contribution in [-0.2, 0) is 17.8 Å². The van der Waals surface area contributed by atoms with Crippen LogP contribution < -0.4 is 5.32 Å². The lowest BCUT2D eigenvalue weighted by molar-refractivity contribution is -0.136. The summed E-state index contributed by atoms with van der Waals surface area (Å²) in [6, 6.07) is 8.28. The van der Waals surface area contributed by atoms with E-state index in [1.54, 1.807) is 6.08 Å². The summed E-state index contributed by atoms with van der Waals surface area (Å²) < 4.78 is 13.8. The van der Waals surface area contributed by atoms with Gasteiger partial charge in [0, 0.05) is 30.4 Å². The highest BCUT2D eigenvalue weighted by atomic mass is 19.1. The first-order chi connectivity index (χ1) is 14.1. The molecule has 1 aromatic carbocycles. The summed E-state index contributed by atoms with van der Waals surface area (Å²) in [5.74, 6) is 0.00991. The molecule has 5 heteroatoms. The van der Waals surface area contributed by atoms with E-state index < -0.39 is 5.97 Å². The summed E-state index contributed by atoms with van der Waals surface area (Å²) in [7, 11) is 0. The number of carboxylic acid groups (broad SMARTS) is 1. The van der Waals surface area contributed by atoms with Crippen LogP contribution in [0, 0.1) is 17.8 Å². The summed E-state index contributed by atoms with van der Waals surface area (Å²) in [6.45, 7) is 0.796. The average Bonchev–Trinajstić information content (AvgIpc) is 2.73. The third-order valence-corrected chi connectivity index (χ3v) is 6.33. The Labute approximate surface area is 170 Å². The SMILES string of the molecule is O=C(O)Cc1ccc(CN[C@H]2CC[C@H](C3C=CN=C4C=CC(F)=CC43)CC2)cc1. The van der Waals surface area contributed by atoms with Crippen LogP contribution in [0.1, 0.15) is 36.8 Å². The van der Waals surface area contributed by atoms with E-state index in [0.29, 0.717) is 17.9 Å². The summed E-state index contributed by atoms with van der Waals surface area (Å²) >= 11 is 0. The van der Waals surface area contributed by atoms with Crippen LogP contribution in [0.2, 0.25) is 0 Å². The Morgan fingerprint density at radius 1 is 1.10 bits per heavy atom. The van der Waals surface area contributed by atoms with Gasteiger partial charge in [-0.25, -0.2) is 4.39 Å². The molecule has 1 fully saturated rings. The quantitative estimate of drug-likeness (QED) is 0.742. The lowest BCUT2D eigenvalue weighted by Crippen LogP contribution is -2.37. The molecule has 1 aliphatic heterocycles. The van der Waals surface area contributed by atoms with Gasteiger partial charge in [-0.2, -0.15) is 0 Å². The van der Waals surface area contributed by atoms with Crippen molar-refractivity contribution in [3.63, 3.8) is 0 Å². The third-order valence-electron chi connectivity index (χ3n) is 6.33. The number of hydrogen-bond donors (Lipinski definition) is 2. The van der Waals surface area contributed by atoms with Gasteiger partial charge >= 0.3 is 5.97 Å². The molecule has 2 N–H and O–H groups in total. The number of aliphatic carboxylic acids is 1. The summed E-state index contributed by atoms with van der Waals surface area (Å²) in [5.41, 5.74) is 2.98. The number of benzene rings is 1. The van der Waals surface area contributed by atoms with E-state index in [9.17, 15) is 9.18 Å². The highest BCUT2D eigenvalue weighted by molar-refractivity contribution is 6.00. The Balaban J connectivity index is 1.27. The predicted molar refractivity (Wildman–Crippen MR) is 112 cm³/mol. The number of nitrogens with zero attached hydrogens (tertiary/aromatic N) is 1. The van der Waals surface area contributed by atoms with Crippen molar-refractivity contribution in [1.82, 2.24) is 5.32 Å². The molecule has 1 saturated carbocycles. The van der Waals surface area contributed by atoms with Gasteiger partial charge < -0.3 is 10.4 Å². The number of rotatable bonds is 6. The van der Waals surface area contributed by atoms with E-state index in [4.69, 9.17) is 5.11 Å². The molecule has 0 aromatic heterocycles. The van der Waals surface area contributed by atoms with Crippen LogP contribution in [0.3, 0.4) is 0 Å². The topological polar surface area (TPSA) is 61.7 Å². The predicted octanol–water partition coefficient (Wildman–Crippen LogP) is 4.59. The Morgan fingerprint density at radius 2 is 1.83 bits per heavy atom. The second-order valence-corrected chi connectivity index (χ2v) is 8.26. The number of carbonyl (C=O) groups is 1. The minimum absolute atomic E-state index is 0.0651. The number of carboxylic acids is 1. The number of halogens is 1. The van der Waals surface area contributed by atoms with Gasteiger partial charge in [0.25, 0.3) is 0 Å². The zero-order valence-electron chi connectivity index (χ0n) is 16.4. The maximum absolute atomic E-state index is 13.8. The second kappa shape index (κ2) is 8.87. The number of aliphatic imine (C=N–C) groups is 1. The Hall–Kier alpha value is -2.53. The summed E-state index contributed by atoms with van der Waals surface area (Å²) in [5, 5.41) is 12.5. The molecule has 0 bridgehead atoms. The van der Waals surface area contributed by atoms with Crippen molar-refractivity contribution in [2.45, 2.75) is 44.7 Å². The molecule has 3 aliphatic rings. The Bertz CT molecular complexity index is 861. The fraction of sp³-hybridized carbons (Fsp3) is 0.417. The second-order valence-electron chi connectivity index (χ2n) is 8.26. The molecule has 4 rings (SSSR count). The molecule has 4 nitrogen and oxygen atoms in total. The lowest BCUT2D eigenvalue weighted by Gasteiger charge is -2.37. The number of fused-ring (bicyclic) bond motifs is 1. The zero-order valence-corrected chi connectivity index (χ0v) is 16.4. The summed E-state index contributed by atoms with van der Waals surface area (Å²) in [6.07, 6.45) is 13.7. The smallest absolute Gasteiger partial charge is 0.307 e. The van der Waals surface area contributed by atoms with Gasteiger partial charge in [0.1, 0.15) is 5.83 Å². The van der Waals surface area contributed by atoms with E-state index in [-0.39, 0.29) is 18.2 Å². The molecular weight excluding hydrogens is 367 g/mol. The molecule has 2 aliphatic carbocycles. The molecule has 0 saturated heterocycles. The van der Waals surface area contributed by atoms with Crippen molar-refractivity contribution in [1.29, 1.82) is 0 Å². The maximum Gasteiger partial charge on any atom is 0.307 e. The van der Waals surface area contributed by atoms with Crippen molar-refractivity contribution < 1.29 is 14.3 Å². The van der Waals surface area contributed by atoms with Crippen molar-refractivity contribution in [2.24, 2.45) is 22.7 Å². The minimum Gasteiger partial charge on any atom is -0.481 e. The summed E-state index contributed by atoms with van der Waals surface area (Å²) in [4.78, 5) is 15.2. The zero-order chi connectivity index (χ0) is 20.2. The van der Waals surface area contributed by atoms with Crippen molar-refractivity contribution in [2.75, 3.05) is 0 Å². The molecular formula is C24H27FN2O2. The van der Waals surface area contributed by atoms with E-state index in [2.05, 4.69) is 16.4 Å². The van der Waals surface area contributed by atoms with Crippen LogP contribution in [0.15, 0.2) is 65.6 Å². The van der Waals surface area contributed by atoms with Crippen LogP contribution in [0.5, 0.6) is 0 Å². The Kier molecular flexibility index (Phi) is 6.05. The van der Waals surface area contributed by atoms with E-state index in [0.717, 1.165) is 43.5 Å². The third kappa shape index (κ3) is 4.91. The molecule has 2 unspecified atom stereocenters. The van der Waals surface area contributed by atoms with Crippen molar-refractivity contribution in [3.05, 3.63) is 71.7 Å². The largest absolute Gasteiger partial charge is 0.481 e. The fourth-order valence-electron chi connectivity index (χ4n) is 4.74. The van der Waals surface area contributed by atoms with Crippen LogP contribution in [0.25, 0.3) is 0 Å². The van der Waals surface area contributed by atoms with Crippen LogP contribution in [0.4, 0.5) is 4.39 Å². The van der Waals surface area contributed by atoms with Crippen molar-refractivity contribution in [3.8, 4) is 0 Å². The van der Waals surface area contributed by atoms with Gasteiger partial charge in [0.05, 0.1) is 6.42 Å². The van der Waals surface area contributed by atoms with E-state index in [1.807, 2.05) is 36.5 Å². The highest BCUT2D eigenvalue weighted by Crippen LogP contribution is 2.39.